The molecule has 0 fully saturated rings. The van der Waals surface area contributed by atoms with Crippen molar-refractivity contribution in [1.29, 1.82) is 0 Å². The number of nitrogens with one attached hydrogen (secondary N) is 1. The Bertz CT molecular complexity index is 408. The topological polar surface area (TPSA) is 41.6 Å². The van der Waals surface area contributed by atoms with Crippen LogP contribution < -0.4 is 10.1 Å². The normalized spacial score (nSPS) is 10.2. The van der Waals surface area contributed by atoms with Gasteiger partial charge in [-0.3, -0.25) is 4.79 Å². The molecule has 0 spiro atoms. The summed E-state index contributed by atoms with van der Waals surface area (Å²) in [5.41, 5.74) is 0.563. The maximum Gasteiger partial charge on any atom is 0.223 e. The van der Waals surface area contributed by atoms with Crippen LogP contribution in [0.25, 0.3) is 0 Å². The van der Waals surface area contributed by atoms with Gasteiger partial charge < -0.3 is 15.0 Å². The quantitative estimate of drug-likeness (QED) is 0.780. The molecule has 1 aromatic rings. The lowest BCUT2D eigenvalue weighted by molar-refractivity contribution is -0.128. The third-order valence-corrected chi connectivity index (χ3v) is 2.59. The lowest BCUT2D eigenvalue weighted by Crippen LogP contribution is -2.26. The summed E-state index contributed by atoms with van der Waals surface area (Å²) in [5, 5.41) is 3.04. The average Bonchev–Trinajstić information content (AvgIpc) is 2.35. The molecule has 1 amide bonds. The highest BCUT2D eigenvalue weighted by Crippen LogP contribution is 2.15. The van der Waals surface area contributed by atoms with Gasteiger partial charge in [-0.2, -0.15) is 0 Å². The van der Waals surface area contributed by atoms with E-state index in [4.69, 9.17) is 4.74 Å². The molecular weight excluding hydrogens is 235 g/mol. The standard InChI is InChI=1S/C13H19FN2O2/c1-16(2)13(17)6-7-15-9-10-4-5-11(18-3)8-12(10)14/h4-5,8,15H,6-7,9H2,1-3H3. The van der Waals surface area contributed by atoms with E-state index in [1.54, 1.807) is 26.2 Å². The summed E-state index contributed by atoms with van der Waals surface area (Å²) >= 11 is 0. The second kappa shape index (κ2) is 6.96. The van der Waals surface area contributed by atoms with Gasteiger partial charge in [0.2, 0.25) is 5.91 Å². The second-order valence-corrected chi connectivity index (χ2v) is 4.17. The molecular formula is C13H19FN2O2. The van der Waals surface area contributed by atoms with Crippen LogP contribution in [0.5, 0.6) is 5.75 Å². The summed E-state index contributed by atoms with van der Waals surface area (Å²) in [6.07, 6.45) is 0.408. The fourth-order valence-electron chi connectivity index (χ4n) is 1.44. The van der Waals surface area contributed by atoms with Crippen molar-refractivity contribution in [3.8, 4) is 5.75 Å². The predicted molar refractivity (Wildman–Crippen MR) is 68.0 cm³/mol. The number of benzene rings is 1. The minimum absolute atomic E-state index is 0.0534. The van der Waals surface area contributed by atoms with E-state index in [9.17, 15) is 9.18 Å². The monoisotopic (exact) mass is 254 g/mol. The average molecular weight is 254 g/mol. The molecule has 100 valence electrons. The largest absolute Gasteiger partial charge is 0.497 e. The van der Waals surface area contributed by atoms with Crippen molar-refractivity contribution in [2.24, 2.45) is 0 Å². The molecule has 0 aliphatic heterocycles. The van der Waals surface area contributed by atoms with Crippen molar-refractivity contribution < 1.29 is 13.9 Å². The van der Waals surface area contributed by atoms with Gasteiger partial charge in [-0.1, -0.05) is 6.07 Å². The Hall–Kier alpha value is -1.62. The van der Waals surface area contributed by atoms with Gasteiger partial charge in [0.15, 0.2) is 0 Å². The predicted octanol–water partition coefficient (Wildman–Crippen LogP) is 1.40. The molecule has 0 aromatic heterocycles. The highest BCUT2D eigenvalue weighted by atomic mass is 19.1. The molecule has 0 radical (unpaired) electrons. The van der Waals surface area contributed by atoms with Crippen LogP contribution in [0.15, 0.2) is 18.2 Å². The van der Waals surface area contributed by atoms with Crippen LogP contribution in [0.4, 0.5) is 4.39 Å². The van der Waals surface area contributed by atoms with E-state index in [1.807, 2.05) is 0 Å². The molecule has 1 aromatic carbocycles. The SMILES string of the molecule is COc1ccc(CNCCC(=O)N(C)C)c(F)c1. The molecule has 0 bridgehead atoms. The molecule has 1 rings (SSSR count). The number of hydrogen-bond donors (Lipinski definition) is 1. The van der Waals surface area contributed by atoms with E-state index in [-0.39, 0.29) is 11.7 Å². The van der Waals surface area contributed by atoms with Gasteiger partial charge in [-0.25, -0.2) is 4.39 Å². The minimum atomic E-state index is -0.305. The van der Waals surface area contributed by atoms with Crippen molar-refractivity contribution in [2.45, 2.75) is 13.0 Å². The minimum Gasteiger partial charge on any atom is -0.497 e. The van der Waals surface area contributed by atoms with Crippen LogP contribution >= 0.6 is 0 Å². The Kier molecular flexibility index (Phi) is 5.58. The fourth-order valence-corrected chi connectivity index (χ4v) is 1.44. The Morgan fingerprint density at radius 2 is 2.17 bits per heavy atom. The molecule has 0 aliphatic rings. The van der Waals surface area contributed by atoms with Crippen LogP contribution in [0.1, 0.15) is 12.0 Å². The van der Waals surface area contributed by atoms with E-state index in [0.29, 0.717) is 30.8 Å². The summed E-state index contributed by atoms with van der Waals surface area (Å²) in [6, 6.07) is 4.74. The number of halogens is 1. The van der Waals surface area contributed by atoms with Crippen molar-refractivity contribution in [1.82, 2.24) is 10.2 Å². The Labute approximate surface area is 107 Å². The highest BCUT2D eigenvalue weighted by Gasteiger charge is 2.05. The number of carbonyl (C=O) groups excluding carboxylic acids is 1. The number of hydrogen-bond acceptors (Lipinski definition) is 3. The van der Waals surface area contributed by atoms with Crippen molar-refractivity contribution >= 4 is 5.91 Å². The lowest BCUT2D eigenvalue weighted by atomic mass is 10.2. The first-order valence-corrected chi connectivity index (χ1v) is 5.78. The Morgan fingerprint density at radius 3 is 2.72 bits per heavy atom. The Balaban J connectivity index is 2.38. The van der Waals surface area contributed by atoms with Crippen LogP contribution in [0, 0.1) is 5.82 Å². The summed E-state index contributed by atoms with van der Waals surface area (Å²) in [5.74, 6) is 0.248. The zero-order chi connectivity index (χ0) is 13.5. The molecule has 0 saturated carbocycles. The zero-order valence-electron chi connectivity index (χ0n) is 11.0. The zero-order valence-corrected chi connectivity index (χ0v) is 11.0. The van der Waals surface area contributed by atoms with Gasteiger partial charge in [0.05, 0.1) is 7.11 Å². The molecule has 1 N–H and O–H groups in total. The number of amides is 1. The first-order chi connectivity index (χ1) is 8.54. The van der Waals surface area contributed by atoms with Gasteiger partial charge in [0, 0.05) is 45.2 Å². The van der Waals surface area contributed by atoms with Crippen molar-refractivity contribution in [2.75, 3.05) is 27.7 Å². The molecule has 0 unspecified atom stereocenters. The summed E-state index contributed by atoms with van der Waals surface area (Å²) < 4.78 is 18.5. The van der Waals surface area contributed by atoms with Crippen molar-refractivity contribution in [3.05, 3.63) is 29.6 Å². The molecule has 0 heterocycles. The van der Waals surface area contributed by atoms with E-state index < -0.39 is 0 Å². The lowest BCUT2D eigenvalue weighted by Gasteiger charge is -2.11. The first-order valence-electron chi connectivity index (χ1n) is 5.78. The third-order valence-electron chi connectivity index (χ3n) is 2.59. The number of ether oxygens (including phenoxy) is 1. The van der Waals surface area contributed by atoms with Crippen LogP contribution in [0.3, 0.4) is 0 Å². The van der Waals surface area contributed by atoms with Gasteiger partial charge in [0.1, 0.15) is 11.6 Å². The third kappa shape index (κ3) is 4.33. The van der Waals surface area contributed by atoms with E-state index in [1.165, 1.54) is 18.1 Å². The first kappa shape index (κ1) is 14.4. The Morgan fingerprint density at radius 1 is 1.44 bits per heavy atom. The summed E-state index contributed by atoms with van der Waals surface area (Å²) in [7, 11) is 4.93. The van der Waals surface area contributed by atoms with E-state index >= 15 is 0 Å². The molecule has 4 nitrogen and oxygen atoms in total. The summed E-state index contributed by atoms with van der Waals surface area (Å²) in [6.45, 7) is 0.930. The molecule has 0 atom stereocenters. The van der Waals surface area contributed by atoms with Gasteiger partial charge in [-0.05, 0) is 6.07 Å². The molecule has 0 aliphatic carbocycles. The van der Waals surface area contributed by atoms with Gasteiger partial charge in [-0.15, -0.1) is 0 Å². The van der Waals surface area contributed by atoms with Gasteiger partial charge in [0.25, 0.3) is 0 Å². The van der Waals surface area contributed by atoms with Crippen LogP contribution in [-0.4, -0.2) is 38.6 Å². The number of carbonyl (C=O) groups is 1. The van der Waals surface area contributed by atoms with Crippen molar-refractivity contribution in [3.63, 3.8) is 0 Å². The number of nitrogens with zero attached hydrogens (tertiary/aromatic N) is 1. The molecule has 0 saturated heterocycles. The molecule has 5 heteroatoms. The van der Waals surface area contributed by atoms with E-state index in [2.05, 4.69) is 5.32 Å². The molecule has 18 heavy (non-hydrogen) atoms. The maximum absolute atomic E-state index is 13.6. The fraction of sp³-hybridized carbons (Fsp3) is 0.462. The highest BCUT2D eigenvalue weighted by molar-refractivity contribution is 5.75. The van der Waals surface area contributed by atoms with Gasteiger partial charge >= 0.3 is 0 Å². The summed E-state index contributed by atoms with van der Waals surface area (Å²) in [4.78, 5) is 12.8. The second-order valence-electron chi connectivity index (χ2n) is 4.17. The van der Waals surface area contributed by atoms with E-state index in [0.717, 1.165) is 0 Å². The number of methoxy groups -OCH3 is 1. The van der Waals surface area contributed by atoms with Crippen LogP contribution in [-0.2, 0) is 11.3 Å². The smallest absolute Gasteiger partial charge is 0.223 e. The number of rotatable bonds is 6. The van der Waals surface area contributed by atoms with Crippen LogP contribution in [0.2, 0.25) is 0 Å². The maximum atomic E-state index is 13.6.